The molecule has 0 atom stereocenters. The summed E-state index contributed by atoms with van der Waals surface area (Å²) in [4.78, 5) is 10.6. The van der Waals surface area contributed by atoms with Gasteiger partial charge in [-0.25, -0.2) is 4.98 Å². The second-order valence-corrected chi connectivity index (χ2v) is 7.53. The Balaban J connectivity index is 1.48. The molecule has 0 amide bonds. The van der Waals surface area contributed by atoms with E-state index in [1.165, 1.54) is 22.0 Å². The first-order valence-corrected chi connectivity index (χ1v) is 9.95. The molecule has 1 aliphatic heterocycles. The highest BCUT2D eigenvalue weighted by Crippen LogP contribution is 2.34. The molecular weight excluding hydrogens is 348 g/mol. The fraction of sp³-hybridized carbons (Fsp3) is 0.304. The van der Waals surface area contributed by atoms with Gasteiger partial charge >= 0.3 is 0 Å². The number of hydrogen-bond acceptors (Lipinski definition) is 4. The zero-order valence-corrected chi connectivity index (χ0v) is 16.3. The second-order valence-electron chi connectivity index (χ2n) is 7.53. The number of imidazole rings is 1. The summed E-state index contributed by atoms with van der Waals surface area (Å²) in [7, 11) is 0. The molecule has 3 heterocycles. The maximum Gasteiger partial charge on any atom is 0.143 e. The minimum Gasteiger partial charge on any atom is -0.360 e. The highest BCUT2D eigenvalue weighted by molar-refractivity contribution is 5.96. The van der Waals surface area contributed by atoms with Gasteiger partial charge in [0.05, 0.1) is 5.69 Å². The maximum absolute atomic E-state index is 5.74. The Labute approximate surface area is 164 Å². The van der Waals surface area contributed by atoms with Crippen molar-refractivity contribution in [3.05, 3.63) is 71.0 Å². The molecule has 142 valence electrons. The number of benzene rings is 2. The van der Waals surface area contributed by atoms with E-state index in [4.69, 9.17) is 9.51 Å². The monoisotopic (exact) mass is 372 g/mol. The number of nitrogens with zero attached hydrogens (tertiary/aromatic N) is 3. The van der Waals surface area contributed by atoms with Crippen LogP contribution < -0.4 is 0 Å². The predicted molar refractivity (Wildman–Crippen MR) is 110 cm³/mol. The average molecular weight is 372 g/mol. The molecule has 2 aromatic carbocycles. The van der Waals surface area contributed by atoms with Gasteiger partial charge < -0.3 is 9.51 Å². The average Bonchev–Trinajstić information content (AvgIpc) is 3.30. The number of hydrogen-bond donors (Lipinski definition) is 1. The number of fused-ring (bicyclic) bond motifs is 2. The molecule has 0 fully saturated rings. The van der Waals surface area contributed by atoms with Crippen LogP contribution in [-0.4, -0.2) is 26.6 Å². The Morgan fingerprint density at radius 3 is 2.86 bits per heavy atom. The third-order valence-electron chi connectivity index (χ3n) is 5.69. The zero-order valence-electron chi connectivity index (χ0n) is 16.3. The molecule has 28 heavy (non-hydrogen) atoms. The van der Waals surface area contributed by atoms with E-state index >= 15 is 0 Å². The Morgan fingerprint density at radius 1 is 1.14 bits per heavy atom. The topological polar surface area (TPSA) is 58.0 Å². The number of aryl methyl sites for hydroxylation is 2. The fourth-order valence-corrected chi connectivity index (χ4v) is 4.14. The van der Waals surface area contributed by atoms with Crippen molar-refractivity contribution in [2.75, 3.05) is 6.54 Å². The Bertz CT molecular complexity index is 1140. The molecule has 0 bridgehead atoms. The van der Waals surface area contributed by atoms with Gasteiger partial charge in [-0.15, -0.1) is 0 Å². The molecule has 5 rings (SSSR count). The van der Waals surface area contributed by atoms with Crippen molar-refractivity contribution in [2.24, 2.45) is 0 Å². The van der Waals surface area contributed by atoms with E-state index < -0.39 is 0 Å². The molecule has 0 saturated heterocycles. The van der Waals surface area contributed by atoms with Crippen LogP contribution in [0.4, 0.5) is 0 Å². The molecule has 0 saturated carbocycles. The highest BCUT2D eigenvalue weighted by atomic mass is 16.5. The number of aromatic amines is 1. The Hall–Kier alpha value is -2.92. The molecule has 5 heteroatoms. The second kappa shape index (κ2) is 6.91. The molecule has 1 aliphatic rings. The van der Waals surface area contributed by atoms with E-state index in [0.29, 0.717) is 0 Å². The lowest BCUT2D eigenvalue weighted by molar-refractivity contribution is 0.226. The third kappa shape index (κ3) is 2.92. The van der Waals surface area contributed by atoms with Gasteiger partial charge in [0.25, 0.3) is 0 Å². The minimum absolute atomic E-state index is 0.838. The maximum atomic E-state index is 5.74. The van der Waals surface area contributed by atoms with Gasteiger partial charge in [-0.2, -0.15) is 0 Å². The SMILES string of the molecule is CCc1nc(CN2CCc3onc(-c4cccc5ccccc45)c3C2)c(C)[nH]1. The smallest absolute Gasteiger partial charge is 0.143 e. The van der Waals surface area contributed by atoms with Crippen molar-refractivity contribution >= 4 is 10.8 Å². The van der Waals surface area contributed by atoms with E-state index in [9.17, 15) is 0 Å². The van der Waals surface area contributed by atoms with Crippen LogP contribution in [0.3, 0.4) is 0 Å². The third-order valence-corrected chi connectivity index (χ3v) is 5.69. The van der Waals surface area contributed by atoms with Crippen LogP contribution in [0.25, 0.3) is 22.0 Å². The van der Waals surface area contributed by atoms with Crippen LogP contribution in [0.5, 0.6) is 0 Å². The van der Waals surface area contributed by atoms with Crippen LogP contribution in [0.2, 0.25) is 0 Å². The summed E-state index contributed by atoms with van der Waals surface area (Å²) in [5.74, 6) is 2.08. The van der Waals surface area contributed by atoms with Crippen molar-refractivity contribution in [1.29, 1.82) is 0 Å². The molecular formula is C23H24N4O. The Morgan fingerprint density at radius 2 is 2.00 bits per heavy atom. The van der Waals surface area contributed by atoms with Gasteiger partial charge in [0.1, 0.15) is 17.3 Å². The van der Waals surface area contributed by atoms with Crippen molar-refractivity contribution in [2.45, 2.75) is 39.8 Å². The van der Waals surface area contributed by atoms with E-state index in [2.05, 4.69) is 71.4 Å². The molecule has 5 nitrogen and oxygen atoms in total. The van der Waals surface area contributed by atoms with Gasteiger partial charge in [0, 0.05) is 49.3 Å². The summed E-state index contributed by atoms with van der Waals surface area (Å²) < 4.78 is 5.74. The Kier molecular flexibility index (Phi) is 4.24. The van der Waals surface area contributed by atoms with Crippen molar-refractivity contribution < 1.29 is 4.52 Å². The lowest BCUT2D eigenvalue weighted by Gasteiger charge is -2.25. The van der Waals surface area contributed by atoms with Gasteiger partial charge in [0.2, 0.25) is 0 Å². The van der Waals surface area contributed by atoms with Crippen molar-refractivity contribution in [1.82, 2.24) is 20.0 Å². The van der Waals surface area contributed by atoms with E-state index in [1.54, 1.807) is 0 Å². The lowest BCUT2D eigenvalue weighted by atomic mass is 9.97. The zero-order chi connectivity index (χ0) is 19.1. The first kappa shape index (κ1) is 17.2. The van der Waals surface area contributed by atoms with Crippen LogP contribution in [0.1, 0.15) is 35.5 Å². The summed E-state index contributed by atoms with van der Waals surface area (Å²) in [6.07, 6.45) is 1.82. The summed E-state index contributed by atoms with van der Waals surface area (Å²) in [5.41, 5.74) is 5.65. The molecule has 4 aromatic rings. The first-order valence-electron chi connectivity index (χ1n) is 9.95. The summed E-state index contributed by atoms with van der Waals surface area (Å²) in [5, 5.41) is 6.91. The molecule has 1 N–H and O–H groups in total. The molecule has 2 aromatic heterocycles. The molecule has 0 unspecified atom stereocenters. The summed E-state index contributed by atoms with van der Waals surface area (Å²) in [6.45, 7) is 6.89. The summed E-state index contributed by atoms with van der Waals surface area (Å²) >= 11 is 0. The first-order chi connectivity index (χ1) is 13.7. The number of rotatable bonds is 4. The van der Waals surface area contributed by atoms with Crippen molar-refractivity contribution in [3.8, 4) is 11.3 Å². The standard InChI is InChI=1S/C23H24N4O/c1-3-22-24-15(2)20(25-22)14-27-12-11-21-19(13-27)23(26-28-21)18-10-6-8-16-7-4-5-9-17(16)18/h4-10H,3,11-14H2,1-2H3,(H,24,25). The molecule has 0 aliphatic carbocycles. The number of H-pyrrole nitrogens is 1. The van der Waals surface area contributed by atoms with Crippen LogP contribution in [-0.2, 0) is 25.9 Å². The van der Waals surface area contributed by atoms with Gasteiger partial charge in [-0.1, -0.05) is 54.5 Å². The van der Waals surface area contributed by atoms with Crippen LogP contribution in [0.15, 0.2) is 47.0 Å². The molecule has 0 spiro atoms. The summed E-state index contributed by atoms with van der Waals surface area (Å²) in [6, 6.07) is 14.8. The van der Waals surface area contributed by atoms with Crippen LogP contribution in [0, 0.1) is 6.92 Å². The number of nitrogens with one attached hydrogen (secondary N) is 1. The normalized spacial score (nSPS) is 14.5. The van der Waals surface area contributed by atoms with Gasteiger partial charge in [-0.05, 0) is 17.7 Å². The van der Waals surface area contributed by atoms with Gasteiger partial charge in [0.15, 0.2) is 0 Å². The van der Waals surface area contributed by atoms with E-state index in [0.717, 1.165) is 61.0 Å². The van der Waals surface area contributed by atoms with Gasteiger partial charge in [-0.3, -0.25) is 4.90 Å². The fourth-order valence-electron chi connectivity index (χ4n) is 4.14. The lowest BCUT2D eigenvalue weighted by Crippen LogP contribution is -2.30. The predicted octanol–water partition coefficient (Wildman–Crippen LogP) is 4.65. The van der Waals surface area contributed by atoms with Crippen LogP contribution >= 0.6 is 0 Å². The largest absolute Gasteiger partial charge is 0.360 e. The minimum atomic E-state index is 0.838. The molecule has 0 radical (unpaired) electrons. The quantitative estimate of drug-likeness (QED) is 0.567. The van der Waals surface area contributed by atoms with E-state index in [-0.39, 0.29) is 0 Å². The number of aromatic nitrogens is 3. The highest BCUT2D eigenvalue weighted by Gasteiger charge is 2.26. The van der Waals surface area contributed by atoms with Crippen molar-refractivity contribution in [3.63, 3.8) is 0 Å². The van der Waals surface area contributed by atoms with E-state index in [1.807, 2.05) is 0 Å².